The number of fused-ring (bicyclic) bond motifs is 1. The zero-order chi connectivity index (χ0) is 15.0. The Kier molecular flexibility index (Phi) is 3.57. The van der Waals surface area contributed by atoms with Gasteiger partial charge in [-0.2, -0.15) is 0 Å². The number of allylic oxidation sites excluding steroid dienone is 1. The largest absolute Gasteiger partial charge is 0.339 e. The number of ketones is 1. The molecule has 5 heteroatoms. The van der Waals surface area contributed by atoms with E-state index in [1.165, 1.54) is 6.08 Å². The summed E-state index contributed by atoms with van der Waals surface area (Å²) in [7, 11) is 0. The van der Waals surface area contributed by atoms with Crippen LogP contribution < -0.4 is 0 Å². The molecule has 1 saturated heterocycles. The van der Waals surface area contributed by atoms with Gasteiger partial charge in [-0.15, -0.1) is 0 Å². The van der Waals surface area contributed by atoms with Gasteiger partial charge in [-0.05, 0) is 37.3 Å². The molecule has 0 radical (unpaired) electrons. The van der Waals surface area contributed by atoms with Crippen LogP contribution >= 0.6 is 0 Å². The molecule has 3 nitrogen and oxygen atoms in total. The number of hydrogen-bond donors (Lipinski definition) is 0. The summed E-state index contributed by atoms with van der Waals surface area (Å²) in [5.74, 6) is -2.09. The smallest absolute Gasteiger partial charge is 0.246 e. The minimum absolute atomic E-state index is 0.0409. The number of likely N-dealkylation sites (tertiary alicyclic amines) is 1. The van der Waals surface area contributed by atoms with E-state index in [1.54, 1.807) is 4.90 Å². The van der Waals surface area contributed by atoms with Gasteiger partial charge in [0.25, 0.3) is 0 Å². The molecule has 1 aromatic carbocycles. The van der Waals surface area contributed by atoms with Crippen LogP contribution in [0.1, 0.15) is 35.2 Å². The standard InChI is InChI=1S/C16H15F2NO2/c17-11-8-13-12(14(18)9-11)4-3-10(16(13)21)7-15(20)19-5-1-2-6-19/h7-9H,1-6H2. The van der Waals surface area contributed by atoms with Crippen LogP contribution in [0.5, 0.6) is 0 Å². The summed E-state index contributed by atoms with van der Waals surface area (Å²) in [5, 5.41) is 0. The van der Waals surface area contributed by atoms with Gasteiger partial charge in [-0.1, -0.05) is 0 Å². The van der Waals surface area contributed by atoms with Crippen LogP contribution in [0.25, 0.3) is 0 Å². The minimum Gasteiger partial charge on any atom is -0.339 e. The van der Waals surface area contributed by atoms with E-state index in [-0.39, 0.29) is 17.0 Å². The van der Waals surface area contributed by atoms with Gasteiger partial charge >= 0.3 is 0 Å². The first-order valence-electron chi connectivity index (χ1n) is 7.08. The summed E-state index contributed by atoms with van der Waals surface area (Å²) in [5.41, 5.74) is 0.621. The second-order valence-corrected chi connectivity index (χ2v) is 5.44. The molecule has 1 aliphatic carbocycles. The predicted octanol–water partition coefficient (Wildman–Crippen LogP) is 2.64. The number of carbonyl (C=O) groups is 2. The normalized spacial score (nSPS) is 20.0. The molecule has 1 fully saturated rings. The number of carbonyl (C=O) groups excluding carboxylic acids is 2. The third kappa shape index (κ3) is 2.60. The lowest BCUT2D eigenvalue weighted by Crippen LogP contribution is -2.27. The van der Waals surface area contributed by atoms with Gasteiger partial charge in [-0.3, -0.25) is 9.59 Å². The van der Waals surface area contributed by atoms with Gasteiger partial charge in [0.15, 0.2) is 5.78 Å². The number of nitrogens with zero attached hydrogens (tertiary/aromatic N) is 1. The molecule has 0 atom stereocenters. The highest BCUT2D eigenvalue weighted by atomic mass is 19.1. The molecule has 1 heterocycles. The fraction of sp³-hybridized carbons (Fsp3) is 0.375. The third-order valence-electron chi connectivity index (χ3n) is 4.06. The Balaban J connectivity index is 1.90. The average Bonchev–Trinajstić information content (AvgIpc) is 2.96. The Morgan fingerprint density at radius 3 is 2.57 bits per heavy atom. The lowest BCUT2D eigenvalue weighted by Gasteiger charge is -2.19. The fourth-order valence-corrected chi connectivity index (χ4v) is 2.92. The first-order chi connectivity index (χ1) is 10.1. The van der Waals surface area contributed by atoms with Gasteiger partial charge in [0, 0.05) is 36.4 Å². The maximum Gasteiger partial charge on any atom is 0.246 e. The van der Waals surface area contributed by atoms with Gasteiger partial charge in [0.1, 0.15) is 11.6 Å². The Bertz CT molecular complexity index is 646. The van der Waals surface area contributed by atoms with E-state index < -0.39 is 17.4 Å². The summed E-state index contributed by atoms with van der Waals surface area (Å²) in [6, 6.07) is 1.84. The maximum absolute atomic E-state index is 13.7. The van der Waals surface area contributed by atoms with E-state index in [0.717, 1.165) is 25.0 Å². The molecule has 1 aliphatic heterocycles. The molecule has 0 spiro atoms. The molecule has 0 saturated carbocycles. The van der Waals surface area contributed by atoms with E-state index in [4.69, 9.17) is 0 Å². The van der Waals surface area contributed by atoms with E-state index in [0.29, 0.717) is 31.5 Å². The molecule has 0 unspecified atom stereocenters. The van der Waals surface area contributed by atoms with E-state index in [2.05, 4.69) is 0 Å². The molecule has 0 N–H and O–H groups in total. The van der Waals surface area contributed by atoms with Crippen LogP contribution in [0, 0.1) is 11.6 Å². The van der Waals surface area contributed by atoms with Crippen LogP contribution in [0.15, 0.2) is 23.8 Å². The molecule has 0 bridgehead atoms. The number of halogens is 2. The molecule has 3 rings (SSSR count). The molecular formula is C16H15F2NO2. The number of Topliss-reactive ketones (excluding diaryl/α,β-unsaturated/α-hetero) is 1. The molecule has 2 aliphatic rings. The van der Waals surface area contributed by atoms with Crippen molar-refractivity contribution in [2.45, 2.75) is 25.7 Å². The zero-order valence-corrected chi connectivity index (χ0v) is 11.5. The van der Waals surface area contributed by atoms with Crippen molar-refractivity contribution in [3.63, 3.8) is 0 Å². The Hall–Kier alpha value is -2.04. The van der Waals surface area contributed by atoms with Gasteiger partial charge < -0.3 is 4.90 Å². The predicted molar refractivity (Wildman–Crippen MR) is 72.9 cm³/mol. The van der Waals surface area contributed by atoms with Crippen molar-refractivity contribution in [1.82, 2.24) is 4.90 Å². The summed E-state index contributed by atoms with van der Waals surface area (Å²) in [6.45, 7) is 1.41. The monoisotopic (exact) mass is 291 g/mol. The third-order valence-corrected chi connectivity index (χ3v) is 4.06. The summed E-state index contributed by atoms with van der Waals surface area (Å²) >= 11 is 0. The zero-order valence-electron chi connectivity index (χ0n) is 11.5. The quantitative estimate of drug-likeness (QED) is 0.746. The van der Waals surface area contributed by atoms with Crippen molar-refractivity contribution in [3.8, 4) is 0 Å². The van der Waals surface area contributed by atoms with Crippen LogP contribution in [-0.4, -0.2) is 29.7 Å². The second-order valence-electron chi connectivity index (χ2n) is 5.44. The topological polar surface area (TPSA) is 37.4 Å². The second kappa shape index (κ2) is 5.39. The molecule has 1 amide bonds. The summed E-state index contributed by atoms with van der Waals surface area (Å²) in [6.07, 6.45) is 3.91. The first-order valence-corrected chi connectivity index (χ1v) is 7.08. The van der Waals surface area contributed by atoms with Crippen molar-refractivity contribution < 1.29 is 18.4 Å². The highest BCUT2D eigenvalue weighted by Gasteiger charge is 2.27. The van der Waals surface area contributed by atoms with Crippen LogP contribution in [-0.2, 0) is 11.2 Å². The average molecular weight is 291 g/mol. The molecule has 21 heavy (non-hydrogen) atoms. The summed E-state index contributed by atoms with van der Waals surface area (Å²) < 4.78 is 26.9. The van der Waals surface area contributed by atoms with Crippen LogP contribution in [0.3, 0.4) is 0 Å². The molecule has 0 aromatic heterocycles. The summed E-state index contributed by atoms with van der Waals surface area (Å²) in [4.78, 5) is 26.0. The molecule has 1 aromatic rings. The number of amides is 1. The Labute approximate surface area is 121 Å². The van der Waals surface area contributed by atoms with Crippen molar-refractivity contribution in [3.05, 3.63) is 46.5 Å². The van der Waals surface area contributed by atoms with Gasteiger partial charge in [-0.25, -0.2) is 8.78 Å². The van der Waals surface area contributed by atoms with Crippen molar-refractivity contribution >= 4 is 11.7 Å². The first kappa shape index (κ1) is 13.9. The van der Waals surface area contributed by atoms with Gasteiger partial charge in [0.05, 0.1) is 0 Å². The van der Waals surface area contributed by atoms with Crippen LogP contribution in [0.4, 0.5) is 8.78 Å². The number of hydrogen-bond acceptors (Lipinski definition) is 2. The maximum atomic E-state index is 13.7. The number of benzene rings is 1. The van der Waals surface area contributed by atoms with Gasteiger partial charge in [0.2, 0.25) is 5.91 Å². The van der Waals surface area contributed by atoms with E-state index in [9.17, 15) is 18.4 Å². The lowest BCUT2D eigenvalue weighted by atomic mass is 9.86. The fourth-order valence-electron chi connectivity index (χ4n) is 2.92. The highest BCUT2D eigenvalue weighted by molar-refractivity contribution is 6.13. The number of rotatable bonds is 1. The lowest BCUT2D eigenvalue weighted by molar-refractivity contribution is -0.125. The Morgan fingerprint density at radius 1 is 1.14 bits per heavy atom. The van der Waals surface area contributed by atoms with Crippen molar-refractivity contribution in [1.29, 1.82) is 0 Å². The van der Waals surface area contributed by atoms with Crippen LogP contribution in [0.2, 0.25) is 0 Å². The van der Waals surface area contributed by atoms with E-state index >= 15 is 0 Å². The SMILES string of the molecule is O=C1C(=CC(=O)N2CCCC2)CCc2c(F)cc(F)cc21. The molecule has 110 valence electrons. The Morgan fingerprint density at radius 2 is 1.86 bits per heavy atom. The van der Waals surface area contributed by atoms with E-state index in [1.807, 2.05) is 0 Å². The van der Waals surface area contributed by atoms with Crippen molar-refractivity contribution in [2.75, 3.05) is 13.1 Å². The van der Waals surface area contributed by atoms with Crippen molar-refractivity contribution in [2.24, 2.45) is 0 Å². The minimum atomic E-state index is -0.772. The molecular weight excluding hydrogens is 276 g/mol. The highest BCUT2D eigenvalue weighted by Crippen LogP contribution is 2.28.